The van der Waals surface area contributed by atoms with E-state index < -0.39 is 0 Å². The molecule has 0 aliphatic rings. The molecule has 0 aliphatic heterocycles. The number of halogens is 2. The molecule has 5 heteroatoms. The van der Waals surface area contributed by atoms with E-state index in [1.807, 2.05) is 6.92 Å². The van der Waals surface area contributed by atoms with Crippen molar-refractivity contribution in [3.05, 3.63) is 58.9 Å². The summed E-state index contributed by atoms with van der Waals surface area (Å²) >= 11 is 5.85. The fourth-order valence-electron chi connectivity index (χ4n) is 1.71. The topological polar surface area (TPSA) is 41.1 Å². The fourth-order valence-corrected chi connectivity index (χ4v) is 1.94. The Kier molecular flexibility index (Phi) is 4.58. The van der Waals surface area contributed by atoms with Crippen molar-refractivity contribution in [2.24, 2.45) is 0 Å². The number of amides is 1. The molecule has 1 amide bonds. The molecule has 0 saturated heterocycles. The third-order valence-corrected chi connectivity index (χ3v) is 2.99. The van der Waals surface area contributed by atoms with Crippen molar-refractivity contribution in [2.75, 3.05) is 17.2 Å². The van der Waals surface area contributed by atoms with Crippen LogP contribution in [0.4, 0.5) is 15.8 Å². The molecule has 2 aromatic rings. The summed E-state index contributed by atoms with van der Waals surface area (Å²) in [5, 5.41) is 6.33. The largest absolute Gasteiger partial charge is 0.376 e. The van der Waals surface area contributed by atoms with E-state index in [9.17, 15) is 9.18 Å². The van der Waals surface area contributed by atoms with E-state index in [0.717, 1.165) is 11.3 Å². The van der Waals surface area contributed by atoms with E-state index in [4.69, 9.17) is 11.6 Å². The molecule has 0 bridgehead atoms. The van der Waals surface area contributed by atoms with Crippen molar-refractivity contribution >= 4 is 28.9 Å². The molecule has 0 aliphatic carbocycles. The molecule has 2 rings (SSSR count). The van der Waals surface area contributed by atoms with Crippen LogP contribution in [0.1, 0.15) is 5.56 Å². The number of benzene rings is 2. The number of nitrogens with one attached hydrogen (secondary N) is 2. The van der Waals surface area contributed by atoms with Gasteiger partial charge in [0.05, 0.1) is 6.54 Å². The minimum Gasteiger partial charge on any atom is -0.376 e. The minimum absolute atomic E-state index is 0.105. The van der Waals surface area contributed by atoms with E-state index in [1.54, 1.807) is 30.3 Å². The van der Waals surface area contributed by atoms with Gasteiger partial charge in [0, 0.05) is 16.4 Å². The zero-order chi connectivity index (χ0) is 14.5. The summed E-state index contributed by atoms with van der Waals surface area (Å²) in [6, 6.07) is 11.1. The summed E-state index contributed by atoms with van der Waals surface area (Å²) in [4.78, 5) is 11.8. The molecular formula is C15H14ClFN2O. The van der Waals surface area contributed by atoms with E-state index in [-0.39, 0.29) is 18.3 Å². The van der Waals surface area contributed by atoms with Crippen LogP contribution in [-0.2, 0) is 4.79 Å². The fraction of sp³-hybridized carbons (Fsp3) is 0.133. The Labute approximate surface area is 121 Å². The van der Waals surface area contributed by atoms with Crippen molar-refractivity contribution < 1.29 is 9.18 Å². The van der Waals surface area contributed by atoms with Gasteiger partial charge in [-0.3, -0.25) is 4.79 Å². The summed E-state index contributed by atoms with van der Waals surface area (Å²) < 4.78 is 12.7. The van der Waals surface area contributed by atoms with Gasteiger partial charge in [0.1, 0.15) is 5.82 Å². The molecular weight excluding hydrogens is 279 g/mol. The molecule has 2 N–H and O–H groups in total. The predicted molar refractivity (Wildman–Crippen MR) is 79.7 cm³/mol. The van der Waals surface area contributed by atoms with Crippen LogP contribution in [0.15, 0.2) is 42.5 Å². The summed E-state index contributed by atoms with van der Waals surface area (Å²) in [7, 11) is 0. The maximum atomic E-state index is 12.7. The van der Waals surface area contributed by atoms with Gasteiger partial charge >= 0.3 is 0 Å². The molecule has 3 nitrogen and oxygen atoms in total. The molecule has 0 radical (unpaired) electrons. The second-order valence-electron chi connectivity index (χ2n) is 4.37. The van der Waals surface area contributed by atoms with Gasteiger partial charge in [0.15, 0.2) is 0 Å². The molecule has 0 aromatic heterocycles. The summed E-state index contributed by atoms with van der Waals surface area (Å²) in [6.45, 7) is 1.97. The van der Waals surface area contributed by atoms with Crippen molar-refractivity contribution in [3.8, 4) is 0 Å². The zero-order valence-corrected chi connectivity index (χ0v) is 11.7. The number of rotatable bonds is 4. The first-order valence-electron chi connectivity index (χ1n) is 6.10. The van der Waals surface area contributed by atoms with Gasteiger partial charge in [-0.15, -0.1) is 0 Å². The van der Waals surface area contributed by atoms with Crippen molar-refractivity contribution in [2.45, 2.75) is 6.92 Å². The van der Waals surface area contributed by atoms with E-state index in [1.165, 1.54) is 12.1 Å². The summed E-state index contributed by atoms with van der Waals surface area (Å²) in [5.74, 6) is -0.489. The molecule has 0 atom stereocenters. The summed E-state index contributed by atoms with van der Waals surface area (Å²) in [5.41, 5.74) is 2.31. The van der Waals surface area contributed by atoms with E-state index in [2.05, 4.69) is 10.6 Å². The lowest BCUT2D eigenvalue weighted by Crippen LogP contribution is -2.22. The Morgan fingerprint density at radius 3 is 2.55 bits per heavy atom. The quantitative estimate of drug-likeness (QED) is 0.899. The highest BCUT2D eigenvalue weighted by Gasteiger charge is 2.05. The molecule has 2 aromatic carbocycles. The second-order valence-corrected chi connectivity index (χ2v) is 4.80. The average molecular weight is 293 g/mol. The van der Waals surface area contributed by atoms with Crippen molar-refractivity contribution in [1.82, 2.24) is 0 Å². The lowest BCUT2D eigenvalue weighted by molar-refractivity contribution is -0.114. The zero-order valence-electron chi connectivity index (χ0n) is 10.9. The Hall–Kier alpha value is -2.07. The highest BCUT2D eigenvalue weighted by molar-refractivity contribution is 6.30. The van der Waals surface area contributed by atoms with Gasteiger partial charge in [0.25, 0.3) is 0 Å². The molecule has 0 spiro atoms. The van der Waals surface area contributed by atoms with Gasteiger partial charge in [-0.05, 0) is 55.0 Å². The van der Waals surface area contributed by atoms with Gasteiger partial charge in [0.2, 0.25) is 5.91 Å². The Morgan fingerprint density at radius 1 is 1.20 bits per heavy atom. The second kappa shape index (κ2) is 6.39. The normalized spacial score (nSPS) is 10.2. The molecule has 104 valence electrons. The Morgan fingerprint density at radius 2 is 1.90 bits per heavy atom. The third kappa shape index (κ3) is 3.96. The number of hydrogen-bond acceptors (Lipinski definition) is 2. The van der Waals surface area contributed by atoms with Crippen LogP contribution >= 0.6 is 11.6 Å². The SMILES string of the molecule is Cc1cc(Cl)ccc1NC(=O)CNc1ccc(F)cc1. The highest BCUT2D eigenvalue weighted by atomic mass is 35.5. The monoisotopic (exact) mass is 292 g/mol. The van der Waals surface area contributed by atoms with Gasteiger partial charge < -0.3 is 10.6 Å². The average Bonchev–Trinajstić information content (AvgIpc) is 2.41. The van der Waals surface area contributed by atoms with Crippen LogP contribution in [0.3, 0.4) is 0 Å². The first-order valence-corrected chi connectivity index (χ1v) is 6.48. The molecule has 0 saturated carbocycles. The first-order chi connectivity index (χ1) is 9.54. The van der Waals surface area contributed by atoms with Crippen LogP contribution in [0, 0.1) is 12.7 Å². The maximum Gasteiger partial charge on any atom is 0.243 e. The van der Waals surface area contributed by atoms with Gasteiger partial charge in [-0.1, -0.05) is 11.6 Å². The number of carbonyl (C=O) groups is 1. The van der Waals surface area contributed by atoms with Gasteiger partial charge in [-0.25, -0.2) is 4.39 Å². The van der Waals surface area contributed by atoms with Crippen LogP contribution in [0.2, 0.25) is 5.02 Å². The van der Waals surface area contributed by atoms with Crippen LogP contribution in [-0.4, -0.2) is 12.5 Å². The summed E-state index contributed by atoms with van der Waals surface area (Å²) in [6.07, 6.45) is 0. The van der Waals surface area contributed by atoms with Crippen molar-refractivity contribution in [1.29, 1.82) is 0 Å². The van der Waals surface area contributed by atoms with E-state index >= 15 is 0 Å². The number of aryl methyl sites for hydroxylation is 1. The Balaban J connectivity index is 1.90. The van der Waals surface area contributed by atoms with Crippen molar-refractivity contribution in [3.63, 3.8) is 0 Å². The maximum absolute atomic E-state index is 12.7. The first kappa shape index (κ1) is 14.3. The molecule has 0 fully saturated rings. The number of hydrogen-bond donors (Lipinski definition) is 2. The van der Waals surface area contributed by atoms with Crippen LogP contribution < -0.4 is 10.6 Å². The highest BCUT2D eigenvalue weighted by Crippen LogP contribution is 2.19. The predicted octanol–water partition coefficient (Wildman–Crippen LogP) is 3.84. The minimum atomic E-state index is -0.309. The Bertz CT molecular complexity index is 614. The number of anilines is 2. The molecule has 20 heavy (non-hydrogen) atoms. The third-order valence-electron chi connectivity index (χ3n) is 2.76. The van der Waals surface area contributed by atoms with Crippen LogP contribution in [0.5, 0.6) is 0 Å². The molecule has 0 unspecified atom stereocenters. The number of carbonyl (C=O) groups excluding carboxylic acids is 1. The smallest absolute Gasteiger partial charge is 0.243 e. The molecule has 0 heterocycles. The lowest BCUT2D eigenvalue weighted by Gasteiger charge is -2.10. The standard InChI is InChI=1S/C15H14ClFN2O/c1-10-8-11(16)2-7-14(10)19-15(20)9-18-13-5-3-12(17)4-6-13/h2-8,18H,9H2,1H3,(H,19,20). The lowest BCUT2D eigenvalue weighted by atomic mass is 10.2. The van der Waals surface area contributed by atoms with E-state index in [0.29, 0.717) is 10.7 Å². The van der Waals surface area contributed by atoms with Gasteiger partial charge in [-0.2, -0.15) is 0 Å². The van der Waals surface area contributed by atoms with Crippen LogP contribution in [0.25, 0.3) is 0 Å².